The summed E-state index contributed by atoms with van der Waals surface area (Å²) in [4.78, 5) is 14.4. The van der Waals surface area contributed by atoms with E-state index in [1.165, 1.54) is 6.07 Å². The van der Waals surface area contributed by atoms with Gasteiger partial charge in [0.1, 0.15) is 18.5 Å². The van der Waals surface area contributed by atoms with Gasteiger partial charge in [0.25, 0.3) is 5.91 Å². The highest BCUT2D eigenvalue weighted by molar-refractivity contribution is 5.78. The molecule has 4 rings (SSSR count). The Kier molecular flexibility index (Phi) is 6.79. The fourth-order valence-corrected chi connectivity index (χ4v) is 3.45. The minimum Gasteiger partial charge on any atom is -0.485 e. The molecule has 1 amide bonds. The summed E-state index contributed by atoms with van der Waals surface area (Å²) in [5, 5.41) is 0. The van der Waals surface area contributed by atoms with Crippen molar-refractivity contribution in [3.8, 4) is 11.5 Å². The number of hydrogen-bond acceptors (Lipinski definition) is 4. The molecule has 1 aliphatic heterocycles. The van der Waals surface area contributed by atoms with Crippen LogP contribution in [0.4, 0.5) is 4.39 Å². The monoisotopic (exact) mass is 421 g/mol. The summed E-state index contributed by atoms with van der Waals surface area (Å²) in [5.74, 6) is 0.570. The molecule has 1 heterocycles. The number of ether oxygens (including phenoxy) is 3. The molecule has 3 aromatic carbocycles. The summed E-state index contributed by atoms with van der Waals surface area (Å²) in [5.41, 5.74) is 1.50. The Labute approximate surface area is 181 Å². The van der Waals surface area contributed by atoms with E-state index in [4.69, 9.17) is 14.2 Å². The Balaban J connectivity index is 1.35. The molecule has 1 fully saturated rings. The largest absolute Gasteiger partial charge is 0.485 e. The number of halogens is 1. The van der Waals surface area contributed by atoms with E-state index >= 15 is 0 Å². The number of morpholine rings is 1. The van der Waals surface area contributed by atoms with Gasteiger partial charge in [0, 0.05) is 12.1 Å². The van der Waals surface area contributed by atoms with Gasteiger partial charge in [0.15, 0.2) is 18.1 Å². The van der Waals surface area contributed by atoms with Gasteiger partial charge in [-0.25, -0.2) is 4.39 Å². The molecule has 1 aliphatic rings. The van der Waals surface area contributed by atoms with Crippen molar-refractivity contribution in [1.82, 2.24) is 4.90 Å². The molecule has 0 aromatic heterocycles. The summed E-state index contributed by atoms with van der Waals surface area (Å²) in [6.45, 7) is 1.36. The van der Waals surface area contributed by atoms with Crippen molar-refractivity contribution >= 4 is 5.91 Å². The number of nitrogens with zero attached hydrogens (tertiary/aromatic N) is 1. The van der Waals surface area contributed by atoms with Crippen LogP contribution >= 0.6 is 0 Å². The predicted molar refractivity (Wildman–Crippen MR) is 114 cm³/mol. The van der Waals surface area contributed by atoms with Crippen molar-refractivity contribution in [2.45, 2.75) is 12.7 Å². The van der Waals surface area contributed by atoms with Gasteiger partial charge in [-0.15, -0.1) is 0 Å². The first-order chi connectivity index (χ1) is 15.2. The maximum atomic E-state index is 14.1. The Morgan fingerprint density at radius 2 is 1.61 bits per heavy atom. The summed E-state index contributed by atoms with van der Waals surface area (Å²) < 4.78 is 31.4. The smallest absolute Gasteiger partial charge is 0.260 e. The molecule has 1 atom stereocenters. The van der Waals surface area contributed by atoms with E-state index in [1.54, 1.807) is 29.2 Å². The van der Waals surface area contributed by atoms with E-state index < -0.39 is 6.10 Å². The maximum absolute atomic E-state index is 14.1. The minimum absolute atomic E-state index is 0.129. The van der Waals surface area contributed by atoms with Crippen molar-refractivity contribution in [1.29, 1.82) is 0 Å². The second-order valence-electron chi connectivity index (χ2n) is 7.23. The van der Waals surface area contributed by atoms with Crippen LogP contribution in [0.25, 0.3) is 0 Å². The van der Waals surface area contributed by atoms with Crippen LogP contribution in [0.15, 0.2) is 78.9 Å². The standard InChI is InChI=1S/C25H24FNO4/c26-21-11-5-4-10-20(21)24-16-27(14-15-29-24)25(28)18-31-23-13-7-6-12-22(23)30-17-19-8-2-1-3-9-19/h1-13,24H,14-18H2. The highest BCUT2D eigenvalue weighted by atomic mass is 19.1. The van der Waals surface area contributed by atoms with Crippen molar-refractivity contribution < 1.29 is 23.4 Å². The number of amides is 1. The average Bonchev–Trinajstić information content (AvgIpc) is 2.83. The molecule has 160 valence electrons. The molecule has 0 radical (unpaired) electrons. The number of carbonyl (C=O) groups excluding carboxylic acids is 1. The van der Waals surface area contributed by atoms with Gasteiger partial charge >= 0.3 is 0 Å². The molecule has 0 saturated carbocycles. The molecule has 31 heavy (non-hydrogen) atoms. The van der Waals surface area contributed by atoms with Crippen molar-refractivity contribution in [3.63, 3.8) is 0 Å². The number of rotatable bonds is 7. The molecule has 3 aromatic rings. The molecule has 0 spiro atoms. The van der Waals surface area contributed by atoms with Crippen LogP contribution in [0.2, 0.25) is 0 Å². The van der Waals surface area contributed by atoms with Crippen LogP contribution in [0.3, 0.4) is 0 Å². The first kappa shape index (κ1) is 20.9. The van der Waals surface area contributed by atoms with Crippen LogP contribution < -0.4 is 9.47 Å². The molecule has 0 bridgehead atoms. The second-order valence-corrected chi connectivity index (χ2v) is 7.23. The topological polar surface area (TPSA) is 48.0 Å². The molecular formula is C25H24FNO4. The Hall–Kier alpha value is -3.38. The fraction of sp³-hybridized carbons (Fsp3) is 0.240. The first-order valence-corrected chi connectivity index (χ1v) is 10.2. The maximum Gasteiger partial charge on any atom is 0.260 e. The molecule has 1 saturated heterocycles. The lowest BCUT2D eigenvalue weighted by molar-refractivity contribution is -0.141. The van der Waals surface area contributed by atoms with Crippen LogP contribution in [0.1, 0.15) is 17.2 Å². The SMILES string of the molecule is O=C(COc1ccccc1OCc1ccccc1)N1CCOC(c2ccccc2F)C1. The Bertz CT molecular complexity index is 1010. The molecule has 0 aliphatic carbocycles. The third-order valence-corrected chi connectivity index (χ3v) is 5.11. The zero-order chi connectivity index (χ0) is 21.5. The van der Waals surface area contributed by atoms with Crippen LogP contribution in [-0.4, -0.2) is 37.1 Å². The van der Waals surface area contributed by atoms with E-state index in [2.05, 4.69) is 0 Å². The molecule has 0 N–H and O–H groups in total. The van der Waals surface area contributed by atoms with Crippen molar-refractivity contribution in [2.75, 3.05) is 26.3 Å². The first-order valence-electron chi connectivity index (χ1n) is 10.2. The summed E-state index contributed by atoms with van der Waals surface area (Å²) in [6.07, 6.45) is -0.486. The lowest BCUT2D eigenvalue weighted by Crippen LogP contribution is -2.44. The van der Waals surface area contributed by atoms with Crippen LogP contribution in [-0.2, 0) is 16.1 Å². The molecule has 6 heteroatoms. The van der Waals surface area contributed by atoms with Gasteiger partial charge < -0.3 is 19.1 Å². The third-order valence-electron chi connectivity index (χ3n) is 5.11. The fourth-order valence-electron chi connectivity index (χ4n) is 3.45. The lowest BCUT2D eigenvalue weighted by atomic mass is 10.1. The van der Waals surface area contributed by atoms with E-state index in [1.807, 2.05) is 48.5 Å². The average molecular weight is 421 g/mol. The van der Waals surface area contributed by atoms with Gasteiger partial charge in [0.05, 0.1) is 13.2 Å². The van der Waals surface area contributed by atoms with Gasteiger partial charge in [0.2, 0.25) is 0 Å². The van der Waals surface area contributed by atoms with Gasteiger partial charge in [-0.05, 0) is 23.8 Å². The lowest BCUT2D eigenvalue weighted by Gasteiger charge is -2.33. The van der Waals surface area contributed by atoms with Crippen molar-refractivity contribution in [3.05, 3.63) is 95.8 Å². The summed E-state index contributed by atoms with van der Waals surface area (Å²) in [6, 6.07) is 23.6. The summed E-state index contributed by atoms with van der Waals surface area (Å²) in [7, 11) is 0. The van der Waals surface area contributed by atoms with Gasteiger partial charge in [-0.3, -0.25) is 4.79 Å². The number of hydrogen-bond donors (Lipinski definition) is 0. The van der Waals surface area contributed by atoms with E-state index in [0.29, 0.717) is 36.8 Å². The molecular weight excluding hydrogens is 397 g/mol. The van der Waals surface area contributed by atoms with E-state index in [-0.39, 0.29) is 24.9 Å². The van der Waals surface area contributed by atoms with E-state index in [9.17, 15) is 9.18 Å². The zero-order valence-electron chi connectivity index (χ0n) is 17.1. The second kappa shape index (κ2) is 10.1. The van der Waals surface area contributed by atoms with Crippen molar-refractivity contribution in [2.24, 2.45) is 0 Å². The van der Waals surface area contributed by atoms with Gasteiger partial charge in [-0.1, -0.05) is 60.7 Å². The van der Waals surface area contributed by atoms with Crippen LogP contribution in [0, 0.1) is 5.82 Å². The highest BCUT2D eigenvalue weighted by Crippen LogP contribution is 2.28. The zero-order valence-corrected chi connectivity index (χ0v) is 17.1. The Morgan fingerprint density at radius 1 is 0.935 bits per heavy atom. The summed E-state index contributed by atoms with van der Waals surface area (Å²) >= 11 is 0. The van der Waals surface area contributed by atoms with Gasteiger partial charge in [-0.2, -0.15) is 0 Å². The molecule has 5 nitrogen and oxygen atoms in total. The van der Waals surface area contributed by atoms with Crippen LogP contribution in [0.5, 0.6) is 11.5 Å². The third kappa shape index (κ3) is 5.41. The molecule has 1 unspecified atom stereocenters. The number of carbonyl (C=O) groups is 1. The normalized spacial score (nSPS) is 16.0. The minimum atomic E-state index is -0.486. The number of para-hydroxylation sites is 2. The Morgan fingerprint density at radius 3 is 2.39 bits per heavy atom. The number of benzene rings is 3. The quantitative estimate of drug-likeness (QED) is 0.568. The highest BCUT2D eigenvalue weighted by Gasteiger charge is 2.27. The van der Waals surface area contributed by atoms with E-state index in [0.717, 1.165) is 5.56 Å². The predicted octanol–water partition coefficient (Wildman–Crippen LogP) is 4.38.